The van der Waals surface area contributed by atoms with Crippen molar-refractivity contribution in [3.05, 3.63) is 0 Å². The third-order valence-corrected chi connectivity index (χ3v) is 5.30. The predicted octanol–water partition coefficient (Wildman–Crippen LogP) is 1.87. The molecule has 0 spiro atoms. The molecule has 0 aliphatic carbocycles. The molecule has 3 atom stereocenters. The second-order valence-electron chi connectivity index (χ2n) is 7.85. The van der Waals surface area contributed by atoms with Crippen molar-refractivity contribution in [3.63, 3.8) is 0 Å². The molecule has 0 aromatic heterocycles. The Hall–Kier alpha value is -1.26. The van der Waals surface area contributed by atoms with Crippen LogP contribution in [-0.4, -0.2) is 64.6 Å². The molecule has 2 heterocycles. The molecule has 2 aliphatic rings. The van der Waals surface area contributed by atoms with E-state index in [4.69, 9.17) is 0 Å². The SMILES string of the molecule is CC(CC(C)(C)N1CCC(F)(F)C1)C(C#N)C(=O)N1CC[C@H](O)C1. The van der Waals surface area contributed by atoms with E-state index >= 15 is 0 Å². The molecule has 7 heteroatoms. The molecule has 2 saturated heterocycles. The first-order valence-corrected chi connectivity index (χ1v) is 8.55. The highest BCUT2D eigenvalue weighted by atomic mass is 19.3. The maximum absolute atomic E-state index is 13.5. The van der Waals surface area contributed by atoms with Crippen molar-refractivity contribution >= 4 is 5.91 Å². The number of likely N-dealkylation sites (tertiary alicyclic amines) is 2. The van der Waals surface area contributed by atoms with Crippen LogP contribution in [0.3, 0.4) is 0 Å². The van der Waals surface area contributed by atoms with E-state index in [2.05, 4.69) is 6.07 Å². The lowest BCUT2D eigenvalue weighted by molar-refractivity contribution is -0.134. The van der Waals surface area contributed by atoms with Gasteiger partial charge >= 0.3 is 0 Å². The first-order chi connectivity index (χ1) is 11.1. The number of β-amino-alcohol motifs (C(OH)–C–C–N with tert-alkyl or cyclic N) is 1. The topological polar surface area (TPSA) is 67.6 Å². The molecule has 0 aromatic rings. The fourth-order valence-electron chi connectivity index (χ4n) is 3.85. The van der Waals surface area contributed by atoms with Gasteiger partial charge in [-0.3, -0.25) is 9.69 Å². The number of carbonyl (C=O) groups excluding carboxylic acids is 1. The van der Waals surface area contributed by atoms with Crippen LogP contribution in [0.5, 0.6) is 0 Å². The van der Waals surface area contributed by atoms with Gasteiger partial charge in [0.1, 0.15) is 5.92 Å². The van der Waals surface area contributed by atoms with Gasteiger partial charge in [-0.2, -0.15) is 5.26 Å². The molecular weight excluding hydrogens is 316 g/mol. The van der Waals surface area contributed by atoms with Crippen LogP contribution >= 0.6 is 0 Å². The summed E-state index contributed by atoms with van der Waals surface area (Å²) in [5, 5.41) is 19.0. The molecule has 0 saturated carbocycles. The summed E-state index contributed by atoms with van der Waals surface area (Å²) in [6.07, 6.45) is 0.361. The van der Waals surface area contributed by atoms with E-state index in [0.29, 0.717) is 25.9 Å². The van der Waals surface area contributed by atoms with Crippen molar-refractivity contribution < 1.29 is 18.7 Å². The molecule has 0 bridgehead atoms. The van der Waals surface area contributed by atoms with Gasteiger partial charge in [0.15, 0.2) is 0 Å². The predicted molar refractivity (Wildman–Crippen MR) is 85.3 cm³/mol. The monoisotopic (exact) mass is 343 g/mol. The molecule has 0 radical (unpaired) electrons. The minimum Gasteiger partial charge on any atom is -0.391 e. The summed E-state index contributed by atoms with van der Waals surface area (Å²) in [6, 6.07) is 2.08. The normalized spacial score (nSPS) is 27.0. The van der Waals surface area contributed by atoms with E-state index in [1.165, 1.54) is 4.90 Å². The highest BCUT2D eigenvalue weighted by Crippen LogP contribution is 2.36. The van der Waals surface area contributed by atoms with Crippen molar-refractivity contribution in [2.45, 2.75) is 57.6 Å². The Kier molecular flexibility index (Phi) is 5.50. The molecule has 2 unspecified atom stereocenters. The Labute approximate surface area is 142 Å². The Bertz CT molecular complexity index is 518. The van der Waals surface area contributed by atoms with E-state index in [1.807, 2.05) is 20.8 Å². The third kappa shape index (κ3) is 4.22. The quantitative estimate of drug-likeness (QED) is 0.827. The van der Waals surface area contributed by atoms with E-state index in [0.717, 1.165) is 0 Å². The number of hydrogen-bond acceptors (Lipinski definition) is 4. The molecule has 2 fully saturated rings. The first-order valence-electron chi connectivity index (χ1n) is 8.55. The summed E-state index contributed by atoms with van der Waals surface area (Å²) in [5.74, 6) is -3.97. The van der Waals surface area contributed by atoms with Gasteiger partial charge in [0.05, 0.1) is 18.7 Å². The van der Waals surface area contributed by atoms with Gasteiger partial charge in [0.25, 0.3) is 5.92 Å². The lowest BCUT2D eigenvalue weighted by Gasteiger charge is -2.38. The number of nitriles is 1. The summed E-state index contributed by atoms with van der Waals surface area (Å²) in [4.78, 5) is 15.8. The van der Waals surface area contributed by atoms with Crippen LogP contribution in [0.2, 0.25) is 0 Å². The van der Waals surface area contributed by atoms with Gasteiger partial charge in [-0.25, -0.2) is 8.78 Å². The van der Waals surface area contributed by atoms with E-state index < -0.39 is 23.5 Å². The molecule has 5 nitrogen and oxygen atoms in total. The van der Waals surface area contributed by atoms with Gasteiger partial charge in [-0.15, -0.1) is 0 Å². The van der Waals surface area contributed by atoms with Crippen molar-refractivity contribution in [3.8, 4) is 6.07 Å². The molecule has 2 aliphatic heterocycles. The van der Waals surface area contributed by atoms with Crippen LogP contribution in [0, 0.1) is 23.2 Å². The maximum Gasteiger partial charge on any atom is 0.261 e. The molecule has 24 heavy (non-hydrogen) atoms. The Morgan fingerprint density at radius 3 is 2.58 bits per heavy atom. The van der Waals surface area contributed by atoms with Crippen LogP contribution in [-0.2, 0) is 4.79 Å². The van der Waals surface area contributed by atoms with Crippen LogP contribution < -0.4 is 0 Å². The number of rotatable bonds is 5. The van der Waals surface area contributed by atoms with Gasteiger partial charge in [-0.1, -0.05) is 6.92 Å². The highest BCUT2D eigenvalue weighted by molar-refractivity contribution is 5.81. The standard InChI is InChI=1S/C17H27F2N3O2/c1-12(8-16(2,3)22-7-5-17(18,19)11-22)14(9-20)15(24)21-6-4-13(23)10-21/h12-14,23H,4-8,10-11H2,1-3H3/t12?,13-,14?/m0/s1. The van der Waals surface area contributed by atoms with Crippen LogP contribution in [0.25, 0.3) is 0 Å². The highest BCUT2D eigenvalue weighted by Gasteiger charge is 2.45. The first kappa shape index (κ1) is 19.1. The fraction of sp³-hybridized carbons (Fsp3) is 0.882. The Balaban J connectivity index is 1.99. The summed E-state index contributed by atoms with van der Waals surface area (Å²) in [6.45, 7) is 6.41. The van der Waals surface area contributed by atoms with Crippen molar-refractivity contribution in [2.24, 2.45) is 11.8 Å². The summed E-state index contributed by atoms with van der Waals surface area (Å²) in [7, 11) is 0. The minimum absolute atomic E-state index is 0.142. The lowest BCUT2D eigenvalue weighted by atomic mass is 9.82. The molecule has 1 N–H and O–H groups in total. The van der Waals surface area contributed by atoms with Crippen LogP contribution in [0.15, 0.2) is 0 Å². The number of hydrogen-bond donors (Lipinski definition) is 1. The van der Waals surface area contributed by atoms with E-state index in [-0.39, 0.29) is 31.3 Å². The second kappa shape index (κ2) is 6.93. The van der Waals surface area contributed by atoms with Crippen LogP contribution in [0.1, 0.15) is 40.0 Å². The number of aliphatic hydroxyl groups is 1. The third-order valence-electron chi connectivity index (χ3n) is 5.30. The fourth-order valence-corrected chi connectivity index (χ4v) is 3.85. The number of halogens is 2. The molecular formula is C17H27F2N3O2. The average Bonchev–Trinajstić information content (AvgIpc) is 3.05. The number of carbonyl (C=O) groups is 1. The Morgan fingerprint density at radius 2 is 2.12 bits per heavy atom. The lowest BCUT2D eigenvalue weighted by Crippen LogP contribution is -2.46. The summed E-state index contributed by atoms with van der Waals surface area (Å²) >= 11 is 0. The minimum atomic E-state index is -2.66. The molecule has 136 valence electrons. The van der Waals surface area contributed by atoms with Gasteiger partial charge in [0.2, 0.25) is 5.91 Å². The Morgan fingerprint density at radius 1 is 1.46 bits per heavy atom. The maximum atomic E-state index is 13.5. The largest absolute Gasteiger partial charge is 0.391 e. The van der Waals surface area contributed by atoms with Gasteiger partial charge in [-0.05, 0) is 32.6 Å². The van der Waals surface area contributed by atoms with Crippen LogP contribution in [0.4, 0.5) is 8.78 Å². The number of alkyl halides is 2. The molecule has 0 aromatic carbocycles. The second-order valence-corrected chi connectivity index (χ2v) is 7.85. The zero-order valence-electron chi connectivity index (χ0n) is 14.6. The number of amides is 1. The van der Waals surface area contributed by atoms with Crippen molar-refractivity contribution in [1.82, 2.24) is 9.80 Å². The zero-order valence-corrected chi connectivity index (χ0v) is 14.6. The van der Waals surface area contributed by atoms with Crippen molar-refractivity contribution in [2.75, 3.05) is 26.2 Å². The van der Waals surface area contributed by atoms with E-state index in [9.17, 15) is 23.9 Å². The average molecular weight is 343 g/mol. The summed E-state index contributed by atoms with van der Waals surface area (Å²) in [5.41, 5.74) is -0.501. The number of nitrogens with zero attached hydrogens (tertiary/aromatic N) is 3. The molecule has 1 amide bonds. The molecule has 2 rings (SSSR count). The van der Waals surface area contributed by atoms with E-state index in [1.54, 1.807) is 4.90 Å². The number of aliphatic hydroxyl groups excluding tert-OH is 1. The zero-order chi connectivity index (χ0) is 18.1. The smallest absolute Gasteiger partial charge is 0.261 e. The summed E-state index contributed by atoms with van der Waals surface area (Å²) < 4.78 is 27.0. The van der Waals surface area contributed by atoms with Crippen molar-refractivity contribution in [1.29, 1.82) is 5.26 Å². The van der Waals surface area contributed by atoms with Gasteiger partial charge in [0, 0.05) is 31.6 Å². The van der Waals surface area contributed by atoms with Gasteiger partial charge < -0.3 is 10.0 Å².